The molecule has 0 bridgehead atoms. The number of benzene rings is 2. The second-order valence-corrected chi connectivity index (χ2v) is 8.00. The molecule has 0 saturated carbocycles. The molecule has 1 aliphatic rings. The lowest BCUT2D eigenvalue weighted by Crippen LogP contribution is -2.40. The summed E-state index contributed by atoms with van der Waals surface area (Å²) in [4.78, 5) is 41.6. The largest absolute Gasteiger partial charge is 0.497 e. The Morgan fingerprint density at radius 3 is 2.77 bits per heavy atom. The summed E-state index contributed by atoms with van der Waals surface area (Å²) in [5, 5.41) is 3.38. The van der Waals surface area contributed by atoms with Crippen LogP contribution in [0.4, 0.5) is 4.79 Å². The van der Waals surface area contributed by atoms with Crippen molar-refractivity contribution < 1.29 is 19.1 Å². The van der Waals surface area contributed by atoms with E-state index in [1.807, 2.05) is 54.7 Å². The number of thioether (sulfide) groups is 1. The fraction of sp³-hybridized carbons (Fsp3) is 0.174. The monoisotopic (exact) mass is 435 g/mol. The lowest BCUT2D eigenvalue weighted by Gasteiger charge is -2.12. The van der Waals surface area contributed by atoms with Crippen LogP contribution in [0.15, 0.2) is 59.6 Å². The topological polar surface area (TPSA) is 91.5 Å². The van der Waals surface area contributed by atoms with Gasteiger partial charge in [-0.15, -0.1) is 0 Å². The number of H-pyrrole nitrogens is 1. The van der Waals surface area contributed by atoms with Gasteiger partial charge in [-0.1, -0.05) is 30.3 Å². The number of nitrogens with zero attached hydrogens (tertiary/aromatic N) is 1. The first-order valence-corrected chi connectivity index (χ1v) is 10.6. The van der Waals surface area contributed by atoms with Crippen LogP contribution in [-0.2, 0) is 16.0 Å². The Hall–Kier alpha value is -3.52. The van der Waals surface area contributed by atoms with E-state index in [0.29, 0.717) is 17.9 Å². The van der Waals surface area contributed by atoms with Crippen LogP contribution in [0, 0.1) is 0 Å². The average molecular weight is 436 g/mol. The highest BCUT2D eigenvalue weighted by atomic mass is 32.2. The molecule has 2 N–H and O–H groups in total. The molecule has 0 unspecified atom stereocenters. The maximum absolute atomic E-state index is 12.5. The van der Waals surface area contributed by atoms with Crippen LogP contribution in [0.2, 0.25) is 0 Å². The van der Waals surface area contributed by atoms with Crippen molar-refractivity contribution in [3.63, 3.8) is 0 Å². The molecule has 0 aliphatic carbocycles. The van der Waals surface area contributed by atoms with Gasteiger partial charge in [-0.05, 0) is 53.6 Å². The molecule has 3 amide bonds. The van der Waals surface area contributed by atoms with Crippen molar-refractivity contribution in [2.24, 2.45) is 0 Å². The van der Waals surface area contributed by atoms with Gasteiger partial charge < -0.3 is 15.0 Å². The van der Waals surface area contributed by atoms with Crippen molar-refractivity contribution in [1.82, 2.24) is 15.2 Å². The number of hydrogen-bond donors (Lipinski definition) is 2. The second kappa shape index (κ2) is 9.09. The molecule has 0 radical (unpaired) electrons. The van der Waals surface area contributed by atoms with E-state index in [0.717, 1.165) is 44.4 Å². The summed E-state index contributed by atoms with van der Waals surface area (Å²) in [6, 6.07) is 15.1. The third-order valence-electron chi connectivity index (χ3n) is 4.96. The summed E-state index contributed by atoms with van der Waals surface area (Å²) in [7, 11) is 1.62. The Balaban J connectivity index is 1.33. The number of ether oxygens (including phenoxy) is 1. The maximum atomic E-state index is 12.5. The van der Waals surface area contributed by atoms with Gasteiger partial charge in [0.1, 0.15) is 12.3 Å². The summed E-state index contributed by atoms with van der Waals surface area (Å²) >= 11 is 0.848. The number of aromatic nitrogens is 1. The van der Waals surface area contributed by atoms with E-state index in [2.05, 4.69) is 10.3 Å². The number of aromatic amines is 1. The molecule has 1 fully saturated rings. The highest BCUT2D eigenvalue weighted by molar-refractivity contribution is 8.18. The Kier molecular flexibility index (Phi) is 6.08. The molecule has 1 saturated heterocycles. The highest BCUT2D eigenvalue weighted by Gasteiger charge is 2.36. The predicted octanol–water partition coefficient (Wildman–Crippen LogP) is 3.57. The Labute approximate surface area is 183 Å². The maximum Gasteiger partial charge on any atom is 0.294 e. The van der Waals surface area contributed by atoms with Crippen molar-refractivity contribution in [3.8, 4) is 5.75 Å². The molecule has 0 spiro atoms. The van der Waals surface area contributed by atoms with Crippen molar-refractivity contribution in [2.45, 2.75) is 6.42 Å². The van der Waals surface area contributed by atoms with Gasteiger partial charge in [0.25, 0.3) is 11.1 Å². The zero-order valence-corrected chi connectivity index (χ0v) is 17.7. The van der Waals surface area contributed by atoms with Crippen LogP contribution < -0.4 is 10.1 Å². The normalized spacial score (nSPS) is 15.1. The molecule has 0 atom stereocenters. The van der Waals surface area contributed by atoms with Gasteiger partial charge in [0.05, 0.1) is 12.0 Å². The second-order valence-electron chi connectivity index (χ2n) is 7.00. The number of hydrogen-bond acceptors (Lipinski definition) is 5. The molecule has 1 aromatic heterocycles. The van der Waals surface area contributed by atoms with Crippen LogP contribution >= 0.6 is 11.8 Å². The number of amides is 3. The van der Waals surface area contributed by atoms with E-state index in [1.165, 1.54) is 0 Å². The van der Waals surface area contributed by atoms with Crippen LogP contribution in [0.25, 0.3) is 17.0 Å². The summed E-state index contributed by atoms with van der Waals surface area (Å²) in [5.41, 5.74) is 2.86. The molecular weight excluding hydrogens is 414 g/mol. The lowest BCUT2D eigenvalue weighted by molar-refractivity contribution is -0.129. The van der Waals surface area contributed by atoms with Crippen molar-refractivity contribution in [2.75, 3.05) is 20.2 Å². The summed E-state index contributed by atoms with van der Waals surface area (Å²) in [5.74, 6) is -0.0567. The van der Waals surface area contributed by atoms with Crippen LogP contribution in [0.3, 0.4) is 0 Å². The molecule has 3 aromatic rings. The van der Waals surface area contributed by atoms with Crippen molar-refractivity contribution in [1.29, 1.82) is 0 Å². The molecule has 8 heteroatoms. The van der Waals surface area contributed by atoms with E-state index in [-0.39, 0.29) is 12.5 Å². The SMILES string of the molecule is COc1ccc2[nH]cc(CCNC(=O)CN3C(=O)SC(=Cc4ccccc4)C3=O)c2c1. The third kappa shape index (κ3) is 4.64. The number of rotatable bonds is 7. The minimum absolute atomic E-state index is 0.293. The van der Waals surface area contributed by atoms with Gasteiger partial charge in [-0.25, -0.2) is 0 Å². The summed E-state index contributed by atoms with van der Waals surface area (Å²) in [6.45, 7) is 0.0948. The number of imide groups is 1. The molecule has 2 aromatic carbocycles. The van der Waals surface area contributed by atoms with Crippen molar-refractivity contribution >= 4 is 45.8 Å². The first-order valence-electron chi connectivity index (χ1n) is 9.76. The molecule has 2 heterocycles. The van der Waals surface area contributed by atoms with Gasteiger partial charge in [0, 0.05) is 23.6 Å². The molecule has 31 heavy (non-hydrogen) atoms. The van der Waals surface area contributed by atoms with E-state index in [9.17, 15) is 14.4 Å². The standard InChI is InChI=1S/C23H21N3O4S/c1-30-17-7-8-19-18(12-17)16(13-25-19)9-10-24-21(27)14-26-22(28)20(31-23(26)29)11-15-5-3-2-4-6-15/h2-8,11-13,25H,9-10,14H2,1H3,(H,24,27). The lowest BCUT2D eigenvalue weighted by atomic mass is 10.1. The van der Waals surface area contributed by atoms with E-state index in [1.54, 1.807) is 13.2 Å². The minimum atomic E-state index is -0.447. The quantitative estimate of drug-likeness (QED) is 0.554. The number of carbonyl (C=O) groups excluding carboxylic acids is 3. The van der Waals surface area contributed by atoms with Gasteiger partial charge in [0.2, 0.25) is 5.91 Å². The smallest absolute Gasteiger partial charge is 0.294 e. The molecular formula is C23H21N3O4S. The van der Waals surface area contributed by atoms with Gasteiger partial charge in [-0.3, -0.25) is 19.3 Å². The molecule has 1 aliphatic heterocycles. The van der Waals surface area contributed by atoms with Crippen LogP contribution in [0.5, 0.6) is 5.75 Å². The van der Waals surface area contributed by atoms with Gasteiger partial charge in [-0.2, -0.15) is 0 Å². The Morgan fingerprint density at radius 2 is 2.00 bits per heavy atom. The molecule has 158 valence electrons. The average Bonchev–Trinajstić information content (AvgIpc) is 3.30. The fourth-order valence-corrected chi connectivity index (χ4v) is 4.20. The molecule has 7 nitrogen and oxygen atoms in total. The zero-order chi connectivity index (χ0) is 21.8. The van der Waals surface area contributed by atoms with Crippen LogP contribution in [0.1, 0.15) is 11.1 Å². The van der Waals surface area contributed by atoms with E-state index >= 15 is 0 Å². The number of nitrogens with one attached hydrogen (secondary N) is 2. The third-order valence-corrected chi connectivity index (χ3v) is 5.87. The van der Waals surface area contributed by atoms with Gasteiger partial charge >= 0.3 is 0 Å². The van der Waals surface area contributed by atoms with Crippen molar-refractivity contribution in [3.05, 3.63) is 70.8 Å². The minimum Gasteiger partial charge on any atom is -0.497 e. The van der Waals surface area contributed by atoms with Crippen LogP contribution in [-0.4, -0.2) is 47.1 Å². The van der Waals surface area contributed by atoms with E-state index < -0.39 is 11.1 Å². The number of fused-ring (bicyclic) bond motifs is 1. The molecule has 4 rings (SSSR count). The first kappa shape index (κ1) is 20.7. The van der Waals surface area contributed by atoms with E-state index in [4.69, 9.17) is 4.74 Å². The Morgan fingerprint density at radius 1 is 1.19 bits per heavy atom. The Bertz CT molecular complexity index is 1170. The van der Waals surface area contributed by atoms with Gasteiger partial charge in [0.15, 0.2) is 0 Å². The number of carbonyl (C=O) groups is 3. The predicted molar refractivity (Wildman–Crippen MR) is 121 cm³/mol. The highest BCUT2D eigenvalue weighted by Crippen LogP contribution is 2.32. The summed E-state index contributed by atoms with van der Waals surface area (Å²) < 4.78 is 5.27. The fourth-order valence-electron chi connectivity index (χ4n) is 3.36. The number of methoxy groups -OCH3 is 1. The summed E-state index contributed by atoms with van der Waals surface area (Å²) in [6.07, 6.45) is 4.17. The first-order chi connectivity index (χ1) is 15.0. The zero-order valence-electron chi connectivity index (χ0n) is 16.9.